The Kier molecular flexibility index (Phi) is 8.75. The lowest BCUT2D eigenvalue weighted by Gasteiger charge is -2.19. The predicted molar refractivity (Wildman–Crippen MR) is 121 cm³/mol. The van der Waals surface area contributed by atoms with Crippen molar-refractivity contribution in [3.05, 3.63) is 47.0 Å². The maximum absolute atomic E-state index is 13.1. The van der Waals surface area contributed by atoms with Crippen molar-refractivity contribution < 1.29 is 27.6 Å². The van der Waals surface area contributed by atoms with Gasteiger partial charge in [0.2, 0.25) is 17.7 Å². The van der Waals surface area contributed by atoms with Crippen LogP contribution in [-0.2, 0) is 20.6 Å². The number of carbonyl (C=O) groups is 3. The first-order valence-electron chi connectivity index (χ1n) is 10.1. The third kappa shape index (κ3) is 7.41. The van der Waals surface area contributed by atoms with Crippen molar-refractivity contribution in [3.8, 4) is 0 Å². The van der Waals surface area contributed by atoms with E-state index >= 15 is 0 Å². The molecular formula is C22H25F3N4O3S. The standard InChI is InChI=1S/C22H25F3N4O3S/c1-5-28(12-19(31)26-14(2)3)20(32)10-9-17-13-33-21(27-17)29(15(4)30)18-8-6-7-16(11-18)22(23,24)25/h6-11,13-14H,5,12H2,1-4H3,(H,26,31)/b10-9+. The van der Waals surface area contributed by atoms with Gasteiger partial charge in [-0.1, -0.05) is 6.07 Å². The molecule has 0 aliphatic heterocycles. The molecule has 0 aliphatic carbocycles. The molecule has 0 saturated carbocycles. The molecule has 1 heterocycles. The van der Waals surface area contributed by atoms with E-state index in [0.29, 0.717) is 12.2 Å². The first-order valence-corrected chi connectivity index (χ1v) is 11.0. The Bertz CT molecular complexity index is 1030. The second-order valence-corrected chi connectivity index (χ2v) is 8.20. The SMILES string of the molecule is CCN(CC(=O)NC(C)C)C(=O)/C=C/c1csc(N(C(C)=O)c2cccc(C(F)(F)F)c2)n1. The van der Waals surface area contributed by atoms with Crippen LogP contribution in [0.15, 0.2) is 35.7 Å². The van der Waals surface area contributed by atoms with Crippen LogP contribution in [0.3, 0.4) is 0 Å². The fourth-order valence-corrected chi connectivity index (χ4v) is 3.71. The third-order valence-electron chi connectivity index (χ3n) is 4.32. The van der Waals surface area contributed by atoms with Crippen LogP contribution < -0.4 is 10.2 Å². The van der Waals surface area contributed by atoms with Gasteiger partial charge < -0.3 is 10.2 Å². The van der Waals surface area contributed by atoms with E-state index in [0.717, 1.165) is 28.4 Å². The number of anilines is 2. The van der Waals surface area contributed by atoms with Crippen molar-refractivity contribution in [3.63, 3.8) is 0 Å². The summed E-state index contributed by atoms with van der Waals surface area (Å²) >= 11 is 1.05. The van der Waals surface area contributed by atoms with E-state index < -0.39 is 23.6 Å². The van der Waals surface area contributed by atoms with E-state index in [2.05, 4.69) is 10.3 Å². The van der Waals surface area contributed by atoms with E-state index in [9.17, 15) is 27.6 Å². The number of halogens is 3. The van der Waals surface area contributed by atoms with Gasteiger partial charge in [0.05, 0.1) is 23.5 Å². The van der Waals surface area contributed by atoms with Crippen LogP contribution in [0.1, 0.15) is 39.0 Å². The highest BCUT2D eigenvalue weighted by molar-refractivity contribution is 7.14. The van der Waals surface area contributed by atoms with Gasteiger partial charge in [-0.2, -0.15) is 13.2 Å². The molecule has 0 aliphatic rings. The van der Waals surface area contributed by atoms with Crippen molar-refractivity contribution in [2.24, 2.45) is 0 Å². The monoisotopic (exact) mass is 482 g/mol. The lowest BCUT2D eigenvalue weighted by atomic mass is 10.2. The highest BCUT2D eigenvalue weighted by atomic mass is 32.1. The number of rotatable bonds is 8. The van der Waals surface area contributed by atoms with Crippen molar-refractivity contribution in [2.75, 3.05) is 18.0 Å². The molecule has 3 amide bonds. The maximum atomic E-state index is 13.1. The number of carbonyl (C=O) groups excluding carboxylic acids is 3. The number of hydrogen-bond donors (Lipinski definition) is 1. The average Bonchev–Trinajstić information content (AvgIpc) is 3.17. The number of alkyl halides is 3. The van der Waals surface area contributed by atoms with Crippen LogP contribution in [0, 0.1) is 0 Å². The molecule has 2 rings (SSSR count). The van der Waals surface area contributed by atoms with Crippen molar-refractivity contribution in [1.82, 2.24) is 15.2 Å². The minimum absolute atomic E-state index is 0.0339. The zero-order chi connectivity index (χ0) is 24.8. The summed E-state index contributed by atoms with van der Waals surface area (Å²) < 4.78 is 39.2. The number of hydrogen-bond acceptors (Lipinski definition) is 5. The molecule has 0 fully saturated rings. The summed E-state index contributed by atoms with van der Waals surface area (Å²) in [5, 5.41) is 4.45. The Hall–Kier alpha value is -3.21. The molecule has 0 unspecified atom stereocenters. The highest BCUT2D eigenvalue weighted by Gasteiger charge is 2.31. The summed E-state index contributed by atoms with van der Waals surface area (Å²) in [4.78, 5) is 43.2. The Balaban J connectivity index is 2.19. The molecule has 0 spiro atoms. The predicted octanol–water partition coefficient (Wildman–Crippen LogP) is 4.23. The van der Waals surface area contributed by atoms with Crippen molar-refractivity contribution in [2.45, 2.75) is 39.9 Å². The fourth-order valence-electron chi connectivity index (χ4n) is 2.85. The van der Waals surface area contributed by atoms with Gasteiger partial charge in [0.25, 0.3) is 0 Å². The molecule has 0 atom stereocenters. The quantitative estimate of drug-likeness (QED) is 0.571. The molecule has 1 N–H and O–H groups in total. The van der Waals surface area contributed by atoms with Crippen LogP contribution in [0.25, 0.3) is 6.08 Å². The minimum Gasteiger partial charge on any atom is -0.352 e. The molecule has 1 aromatic heterocycles. The lowest BCUT2D eigenvalue weighted by molar-refractivity contribution is -0.137. The topological polar surface area (TPSA) is 82.6 Å². The van der Waals surface area contributed by atoms with Gasteiger partial charge in [-0.05, 0) is 45.0 Å². The smallest absolute Gasteiger partial charge is 0.352 e. The van der Waals surface area contributed by atoms with E-state index in [1.165, 1.54) is 36.1 Å². The van der Waals surface area contributed by atoms with Gasteiger partial charge in [0.1, 0.15) is 0 Å². The molecule has 11 heteroatoms. The number of benzene rings is 1. The first-order chi connectivity index (χ1) is 15.4. The molecule has 1 aromatic carbocycles. The first kappa shape index (κ1) is 26.0. The van der Waals surface area contributed by atoms with Crippen LogP contribution in [0.2, 0.25) is 0 Å². The summed E-state index contributed by atoms with van der Waals surface area (Å²) in [5.41, 5.74) is -0.495. The van der Waals surface area contributed by atoms with Gasteiger partial charge in [-0.15, -0.1) is 11.3 Å². The van der Waals surface area contributed by atoms with Gasteiger partial charge in [0, 0.05) is 31.0 Å². The summed E-state index contributed by atoms with van der Waals surface area (Å²) in [6.45, 7) is 6.84. The van der Waals surface area contributed by atoms with Crippen LogP contribution in [0.5, 0.6) is 0 Å². The van der Waals surface area contributed by atoms with E-state index in [4.69, 9.17) is 0 Å². The van der Waals surface area contributed by atoms with Crippen LogP contribution in [0.4, 0.5) is 24.0 Å². The molecule has 178 valence electrons. The van der Waals surface area contributed by atoms with Crippen LogP contribution >= 0.6 is 11.3 Å². The maximum Gasteiger partial charge on any atom is 0.416 e. The zero-order valence-corrected chi connectivity index (χ0v) is 19.5. The van der Waals surface area contributed by atoms with Crippen molar-refractivity contribution >= 4 is 46.0 Å². The second kappa shape index (κ2) is 11.1. The van der Waals surface area contributed by atoms with Gasteiger partial charge in [-0.25, -0.2) is 4.98 Å². The van der Waals surface area contributed by atoms with E-state index in [-0.39, 0.29) is 29.3 Å². The number of thiazole rings is 1. The third-order valence-corrected chi connectivity index (χ3v) is 5.17. The molecule has 33 heavy (non-hydrogen) atoms. The van der Waals surface area contributed by atoms with Crippen LogP contribution in [-0.4, -0.2) is 46.7 Å². The molecule has 0 radical (unpaired) electrons. The normalized spacial score (nSPS) is 11.6. The molecule has 0 bridgehead atoms. The molecular weight excluding hydrogens is 457 g/mol. The lowest BCUT2D eigenvalue weighted by Crippen LogP contribution is -2.42. The number of amides is 3. The average molecular weight is 483 g/mol. The fraction of sp³-hybridized carbons (Fsp3) is 0.364. The second-order valence-electron chi connectivity index (χ2n) is 7.37. The zero-order valence-electron chi connectivity index (χ0n) is 18.6. The largest absolute Gasteiger partial charge is 0.416 e. The number of nitrogens with zero attached hydrogens (tertiary/aromatic N) is 3. The Morgan fingerprint density at radius 3 is 2.52 bits per heavy atom. The highest BCUT2D eigenvalue weighted by Crippen LogP contribution is 2.35. The number of nitrogens with one attached hydrogen (secondary N) is 1. The van der Waals surface area contributed by atoms with Crippen molar-refractivity contribution in [1.29, 1.82) is 0 Å². The summed E-state index contributed by atoms with van der Waals surface area (Å²) in [7, 11) is 0. The van der Waals surface area contributed by atoms with E-state index in [1.807, 2.05) is 13.8 Å². The van der Waals surface area contributed by atoms with Gasteiger partial charge >= 0.3 is 6.18 Å². The minimum atomic E-state index is -4.55. The summed E-state index contributed by atoms with van der Waals surface area (Å²) in [5.74, 6) is -1.18. The van der Waals surface area contributed by atoms with Gasteiger partial charge in [-0.3, -0.25) is 19.3 Å². The summed E-state index contributed by atoms with van der Waals surface area (Å²) in [6, 6.07) is 4.36. The van der Waals surface area contributed by atoms with Gasteiger partial charge in [0.15, 0.2) is 5.13 Å². The Labute approximate surface area is 193 Å². The Morgan fingerprint density at radius 1 is 1.24 bits per heavy atom. The summed E-state index contributed by atoms with van der Waals surface area (Å²) in [6.07, 6.45) is -1.87. The molecule has 7 nitrogen and oxygen atoms in total. The number of likely N-dealkylation sites (N-methyl/N-ethyl adjacent to an activating group) is 1. The Morgan fingerprint density at radius 2 is 1.94 bits per heavy atom. The molecule has 2 aromatic rings. The number of aromatic nitrogens is 1. The van der Waals surface area contributed by atoms with E-state index in [1.54, 1.807) is 12.3 Å². The molecule has 0 saturated heterocycles.